The molecule has 3 nitrogen and oxygen atoms in total. The van der Waals surface area contributed by atoms with Gasteiger partial charge in [-0.25, -0.2) is 0 Å². The molecule has 1 heterocycles. The van der Waals surface area contributed by atoms with Crippen LogP contribution in [0.5, 0.6) is 0 Å². The van der Waals surface area contributed by atoms with Crippen molar-refractivity contribution in [3.63, 3.8) is 0 Å². The van der Waals surface area contributed by atoms with E-state index in [1.165, 1.54) is 9.75 Å². The highest BCUT2D eigenvalue weighted by atomic mass is 32.1. The molecule has 16 heavy (non-hydrogen) atoms. The van der Waals surface area contributed by atoms with Crippen molar-refractivity contribution in [2.45, 2.75) is 39.2 Å². The first kappa shape index (κ1) is 13.2. The summed E-state index contributed by atoms with van der Waals surface area (Å²) in [6.07, 6.45) is 1.94. The van der Waals surface area contributed by atoms with Crippen molar-refractivity contribution in [1.29, 1.82) is 0 Å². The Hall–Kier alpha value is -0.870. The lowest BCUT2D eigenvalue weighted by atomic mass is 10.2. The molecular formula is C12H19NO2S. The average Bonchev–Trinajstić information content (AvgIpc) is 2.63. The number of rotatable bonds is 7. The van der Waals surface area contributed by atoms with Crippen molar-refractivity contribution in [3.8, 4) is 0 Å². The van der Waals surface area contributed by atoms with Gasteiger partial charge in [0, 0.05) is 22.2 Å². The van der Waals surface area contributed by atoms with Gasteiger partial charge in [-0.05, 0) is 45.4 Å². The maximum atomic E-state index is 10.3. The molecule has 1 rings (SSSR count). The molecule has 0 saturated heterocycles. The van der Waals surface area contributed by atoms with E-state index in [0.29, 0.717) is 6.04 Å². The third kappa shape index (κ3) is 4.77. The van der Waals surface area contributed by atoms with Crippen LogP contribution < -0.4 is 5.32 Å². The Bertz CT molecular complexity index is 336. The van der Waals surface area contributed by atoms with Crippen LogP contribution in [0.1, 0.15) is 42.0 Å². The number of hydrogen-bond donors (Lipinski definition) is 2. The van der Waals surface area contributed by atoms with Crippen molar-refractivity contribution >= 4 is 17.3 Å². The van der Waals surface area contributed by atoms with Gasteiger partial charge in [0.25, 0.3) is 0 Å². The Morgan fingerprint density at radius 2 is 2.25 bits per heavy atom. The number of carbonyl (C=O) groups is 1. The SMILES string of the molecule is Cc1ccc(C(C)NCCCCC(=O)O)s1. The normalized spacial score (nSPS) is 12.6. The van der Waals surface area contributed by atoms with Crippen LogP contribution in [0.4, 0.5) is 0 Å². The van der Waals surface area contributed by atoms with E-state index in [9.17, 15) is 4.79 Å². The fraction of sp³-hybridized carbons (Fsp3) is 0.583. The van der Waals surface area contributed by atoms with E-state index >= 15 is 0 Å². The number of unbranched alkanes of at least 4 members (excludes halogenated alkanes) is 1. The minimum atomic E-state index is -0.707. The zero-order chi connectivity index (χ0) is 12.0. The molecule has 1 unspecified atom stereocenters. The molecule has 1 aromatic rings. The van der Waals surface area contributed by atoms with Gasteiger partial charge in [0.05, 0.1) is 0 Å². The minimum absolute atomic E-state index is 0.272. The molecule has 0 fully saturated rings. The predicted molar refractivity (Wildman–Crippen MR) is 67.0 cm³/mol. The summed E-state index contributed by atoms with van der Waals surface area (Å²) in [5, 5.41) is 11.9. The smallest absolute Gasteiger partial charge is 0.303 e. The summed E-state index contributed by atoms with van der Waals surface area (Å²) in [4.78, 5) is 13.0. The number of thiophene rings is 1. The maximum absolute atomic E-state index is 10.3. The minimum Gasteiger partial charge on any atom is -0.481 e. The summed E-state index contributed by atoms with van der Waals surface area (Å²) in [5.74, 6) is -0.707. The third-order valence-electron chi connectivity index (χ3n) is 2.46. The van der Waals surface area contributed by atoms with Gasteiger partial charge in [-0.2, -0.15) is 0 Å². The molecule has 90 valence electrons. The lowest BCUT2D eigenvalue weighted by Crippen LogP contribution is -2.19. The van der Waals surface area contributed by atoms with Crippen LogP contribution in [0.25, 0.3) is 0 Å². The standard InChI is InChI=1S/C12H19NO2S/c1-9-6-7-11(16-9)10(2)13-8-4-3-5-12(14)15/h6-7,10,13H,3-5,8H2,1-2H3,(H,14,15). The van der Waals surface area contributed by atoms with E-state index < -0.39 is 5.97 Å². The highest BCUT2D eigenvalue weighted by molar-refractivity contribution is 7.12. The van der Waals surface area contributed by atoms with Crippen LogP contribution in [-0.2, 0) is 4.79 Å². The van der Waals surface area contributed by atoms with Crippen molar-refractivity contribution in [3.05, 3.63) is 21.9 Å². The first-order valence-electron chi connectivity index (χ1n) is 5.61. The van der Waals surface area contributed by atoms with E-state index in [1.54, 1.807) is 0 Å². The summed E-state index contributed by atoms with van der Waals surface area (Å²) in [6.45, 7) is 5.13. The maximum Gasteiger partial charge on any atom is 0.303 e. The zero-order valence-corrected chi connectivity index (χ0v) is 10.6. The molecule has 1 aromatic heterocycles. The van der Waals surface area contributed by atoms with Gasteiger partial charge in [0.1, 0.15) is 0 Å². The van der Waals surface area contributed by atoms with Crippen LogP contribution in [0.3, 0.4) is 0 Å². The Balaban J connectivity index is 2.15. The third-order valence-corrected chi connectivity index (χ3v) is 3.64. The second-order valence-corrected chi connectivity index (χ2v) is 5.29. The fourth-order valence-corrected chi connectivity index (χ4v) is 2.41. The Labute approximate surface area is 100 Å². The molecular weight excluding hydrogens is 222 g/mol. The van der Waals surface area contributed by atoms with Crippen molar-refractivity contribution < 1.29 is 9.90 Å². The molecule has 0 radical (unpaired) electrons. The van der Waals surface area contributed by atoms with Crippen LogP contribution >= 0.6 is 11.3 Å². The molecule has 0 amide bonds. The van der Waals surface area contributed by atoms with Crippen molar-refractivity contribution in [1.82, 2.24) is 5.32 Å². The van der Waals surface area contributed by atoms with Crippen molar-refractivity contribution in [2.24, 2.45) is 0 Å². The molecule has 0 aliphatic carbocycles. The van der Waals surface area contributed by atoms with Gasteiger partial charge in [-0.3, -0.25) is 4.79 Å². The number of aryl methyl sites for hydroxylation is 1. The first-order chi connectivity index (χ1) is 7.59. The number of carboxylic acid groups (broad SMARTS) is 1. The highest BCUT2D eigenvalue weighted by Gasteiger charge is 2.06. The van der Waals surface area contributed by atoms with Crippen molar-refractivity contribution in [2.75, 3.05) is 6.54 Å². The molecule has 0 aliphatic rings. The van der Waals surface area contributed by atoms with Gasteiger partial charge >= 0.3 is 5.97 Å². The topological polar surface area (TPSA) is 49.3 Å². The summed E-state index contributed by atoms with van der Waals surface area (Å²) >= 11 is 1.81. The van der Waals surface area contributed by atoms with Crippen LogP contribution in [0.2, 0.25) is 0 Å². The number of hydrogen-bond acceptors (Lipinski definition) is 3. The van der Waals surface area contributed by atoms with Gasteiger partial charge in [-0.1, -0.05) is 0 Å². The predicted octanol–water partition coefficient (Wildman–Crippen LogP) is 2.96. The first-order valence-corrected chi connectivity index (χ1v) is 6.42. The molecule has 2 N–H and O–H groups in total. The fourth-order valence-electron chi connectivity index (χ4n) is 1.51. The van der Waals surface area contributed by atoms with E-state index in [-0.39, 0.29) is 6.42 Å². The summed E-state index contributed by atoms with van der Waals surface area (Å²) in [5.41, 5.74) is 0. The second-order valence-electron chi connectivity index (χ2n) is 3.98. The lowest BCUT2D eigenvalue weighted by Gasteiger charge is -2.11. The van der Waals surface area contributed by atoms with Gasteiger partial charge in [0.15, 0.2) is 0 Å². The van der Waals surface area contributed by atoms with E-state index in [0.717, 1.165) is 19.4 Å². The van der Waals surface area contributed by atoms with Crippen LogP contribution in [0.15, 0.2) is 12.1 Å². The quantitative estimate of drug-likeness (QED) is 0.722. The molecule has 0 aliphatic heterocycles. The molecule has 1 atom stereocenters. The molecule has 0 aromatic carbocycles. The van der Waals surface area contributed by atoms with Gasteiger partial charge < -0.3 is 10.4 Å². The van der Waals surface area contributed by atoms with Gasteiger partial charge in [0.2, 0.25) is 0 Å². The van der Waals surface area contributed by atoms with Crippen LogP contribution in [-0.4, -0.2) is 17.6 Å². The Kier molecular flexibility index (Phi) is 5.49. The number of aliphatic carboxylic acids is 1. The summed E-state index contributed by atoms with van der Waals surface area (Å²) in [7, 11) is 0. The molecule has 0 bridgehead atoms. The Morgan fingerprint density at radius 3 is 2.81 bits per heavy atom. The lowest BCUT2D eigenvalue weighted by molar-refractivity contribution is -0.137. The van der Waals surface area contributed by atoms with E-state index in [2.05, 4.69) is 31.3 Å². The molecule has 4 heteroatoms. The average molecular weight is 241 g/mol. The van der Waals surface area contributed by atoms with E-state index in [4.69, 9.17) is 5.11 Å². The summed E-state index contributed by atoms with van der Waals surface area (Å²) < 4.78 is 0. The van der Waals surface area contributed by atoms with Crippen LogP contribution in [0, 0.1) is 6.92 Å². The number of nitrogens with one attached hydrogen (secondary N) is 1. The second kappa shape index (κ2) is 6.66. The monoisotopic (exact) mass is 241 g/mol. The largest absolute Gasteiger partial charge is 0.481 e. The number of carboxylic acids is 1. The molecule has 0 saturated carbocycles. The molecule has 0 spiro atoms. The van der Waals surface area contributed by atoms with E-state index in [1.807, 2.05) is 11.3 Å². The van der Waals surface area contributed by atoms with Gasteiger partial charge in [-0.15, -0.1) is 11.3 Å². The Morgan fingerprint density at radius 1 is 1.50 bits per heavy atom. The highest BCUT2D eigenvalue weighted by Crippen LogP contribution is 2.22. The summed E-state index contributed by atoms with van der Waals surface area (Å²) in [6, 6.07) is 4.64. The zero-order valence-electron chi connectivity index (χ0n) is 9.82.